The van der Waals surface area contributed by atoms with Crippen molar-refractivity contribution in [3.63, 3.8) is 0 Å². The summed E-state index contributed by atoms with van der Waals surface area (Å²) in [5.41, 5.74) is 3.11. The Morgan fingerprint density at radius 2 is 1.75 bits per heavy atom. The lowest BCUT2D eigenvalue weighted by Crippen LogP contribution is -2.10. The van der Waals surface area contributed by atoms with Gasteiger partial charge in [0.1, 0.15) is 0 Å². The lowest BCUT2D eigenvalue weighted by Gasteiger charge is -2.12. The Bertz CT molecular complexity index is 931. The van der Waals surface area contributed by atoms with Crippen LogP contribution in [0.4, 0.5) is 5.69 Å². The Balaban J connectivity index is 2.47. The van der Waals surface area contributed by atoms with Crippen molar-refractivity contribution in [2.24, 2.45) is 0 Å². The molecule has 1 unspecified atom stereocenters. The van der Waals surface area contributed by atoms with Crippen LogP contribution in [0.25, 0.3) is 0 Å². The van der Waals surface area contributed by atoms with Gasteiger partial charge in [0.05, 0.1) is 9.73 Å². The van der Waals surface area contributed by atoms with Crippen molar-refractivity contribution in [3.8, 4) is 0 Å². The number of carbonyl (C=O) groups excluding carboxylic acids is 2. The second-order valence-electron chi connectivity index (χ2n) is 5.86. The van der Waals surface area contributed by atoms with Gasteiger partial charge in [0, 0.05) is 34.9 Å². The molecule has 1 atom stereocenters. The normalized spacial score (nSPS) is 13.2. The molecule has 5 nitrogen and oxygen atoms in total. The van der Waals surface area contributed by atoms with E-state index in [9.17, 15) is 13.8 Å². The highest BCUT2D eigenvalue weighted by Crippen LogP contribution is 2.24. The second-order valence-corrected chi connectivity index (χ2v) is 8.02. The molecule has 0 aliphatic heterocycles. The van der Waals surface area contributed by atoms with Crippen molar-refractivity contribution in [3.05, 3.63) is 58.7 Å². The number of nitrogens with one attached hydrogen (secondary N) is 2. The van der Waals surface area contributed by atoms with Crippen molar-refractivity contribution in [1.82, 2.24) is 0 Å². The zero-order valence-electron chi connectivity index (χ0n) is 14.1. The molecule has 0 radical (unpaired) electrons. The number of ketones is 1. The number of hydrogen-bond donors (Lipinski definition) is 2. The standard InChI is InChI=1S/C18H20N2O3S/c1-11-9-17(20-13(3)21)12(2)8-16(11)18(22)14-6-5-7-15(10-14)24(4,19)23/h5-10,19H,1-4H3,(H,20,21). The Morgan fingerprint density at radius 1 is 1.08 bits per heavy atom. The summed E-state index contributed by atoms with van der Waals surface area (Å²) in [7, 11) is -2.88. The van der Waals surface area contributed by atoms with Gasteiger partial charge in [0.2, 0.25) is 5.91 Å². The summed E-state index contributed by atoms with van der Waals surface area (Å²) in [6.45, 7) is 5.05. The molecule has 2 N–H and O–H groups in total. The van der Waals surface area contributed by atoms with Crippen molar-refractivity contribution in [1.29, 1.82) is 4.78 Å². The topological polar surface area (TPSA) is 87.1 Å². The van der Waals surface area contributed by atoms with Crippen molar-refractivity contribution < 1.29 is 13.8 Å². The van der Waals surface area contributed by atoms with E-state index in [2.05, 4.69) is 5.32 Å². The fraction of sp³-hybridized carbons (Fsp3) is 0.222. The van der Waals surface area contributed by atoms with E-state index in [0.717, 1.165) is 11.1 Å². The van der Waals surface area contributed by atoms with Gasteiger partial charge in [0.15, 0.2) is 5.78 Å². The second kappa shape index (κ2) is 6.57. The Labute approximate surface area is 142 Å². The van der Waals surface area contributed by atoms with E-state index < -0.39 is 9.73 Å². The maximum Gasteiger partial charge on any atom is 0.221 e. The number of benzene rings is 2. The molecule has 0 aromatic heterocycles. The van der Waals surface area contributed by atoms with Gasteiger partial charge in [-0.25, -0.2) is 8.99 Å². The SMILES string of the molecule is CC(=O)Nc1cc(C)c(C(=O)c2cccc(S(C)(=N)=O)c2)cc1C. The van der Waals surface area contributed by atoms with E-state index in [1.807, 2.05) is 6.92 Å². The van der Waals surface area contributed by atoms with E-state index in [4.69, 9.17) is 4.78 Å². The first kappa shape index (κ1) is 17.9. The third-order valence-electron chi connectivity index (χ3n) is 3.67. The first-order valence-electron chi connectivity index (χ1n) is 7.37. The number of carbonyl (C=O) groups is 2. The van der Waals surface area contributed by atoms with E-state index in [1.165, 1.54) is 19.2 Å². The molecule has 1 amide bonds. The van der Waals surface area contributed by atoms with Gasteiger partial charge in [-0.1, -0.05) is 12.1 Å². The Kier molecular flexibility index (Phi) is 4.89. The molecule has 2 aromatic rings. The van der Waals surface area contributed by atoms with Crippen LogP contribution in [0.15, 0.2) is 41.3 Å². The number of aryl methyl sites for hydroxylation is 2. The van der Waals surface area contributed by atoms with Crippen LogP contribution in [-0.4, -0.2) is 22.2 Å². The van der Waals surface area contributed by atoms with Crippen LogP contribution < -0.4 is 5.32 Å². The maximum absolute atomic E-state index is 12.8. The molecule has 0 bridgehead atoms. The Hall–Kier alpha value is -2.47. The van der Waals surface area contributed by atoms with Crippen molar-refractivity contribution in [2.75, 3.05) is 11.6 Å². The van der Waals surface area contributed by atoms with E-state index in [1.54, 1.807) is 37.3 Å². The lowest BCUT2D eigenvalue weighted by molar-refractivity contribution is -0.114. The quantitative estimate of drug-likeness (QED) is 0.832. The van der Waals surface area contributed by atoms with Crippen LogP contribution in [0.1, 0.15) is 34.0 Å². The van der Waals surface area contributed by atoms with Crippen LogP contribution in [0.3, 0.4) is 0 Å². The monoisotopic (exact) mass is 344 g/mol. The molecule has 0 spiro atoms. The van der Waals surface area contributed by atoms with Crippen LogP contribution in [0, 0.1) is 18.6 Å². The molecule has 2 aromatic carbocycles. The fourth-order valence-electron chi connectivity index (χ4n) is 2.42. The molecule has 6 heteroatoms. The predicted octanol–water partition coefficient (Wildman–Crippen LogP) is 3.53. The van der Waals surface area contributed by atoms with Gasteiger partial charge in [0.25, 0.3) is 0 Å². The third kappa shape index (κ3) is 3.89. The van der Waals surface area contributed by atoms with Gasteiger partial charge in [-0.15, -0.1) is 0 Å². The summed E-state index contributed by atoms with van der Waals surface area (Å²) < 4.78 is 19.5. The number of rotatable bonds is 4. The third-order valence-corrected chi connectivity index (χ3v) is 4.83. The lowest BCUT2D eigenvalue weighted by atomic mass is 9.96. The van der Waals surface area contributed by atoms with E-state index in [0.29, 0.717) is 21.7 Å². The van der Waals surface area contributed by atoms with Gasteiger partial charge in [-0.2, -0.15) is 0 Å². The van der Waals surface area contributed by atoms with Crippen LogP contribution in [0.5, 0.6) is 0 Å². The van der Waals surface area contributed by atoms with Crippen molar-refractivity contribution in [2.45, 2.75) is 25.7 Å². The minimum atomic E-state index is -2.88. The molecule has 2 rings (SSSR count). The molecule has 0 saturated heterocycles. The minimum absolute atomic E-state index is 0.169. The maximum atomic E-state index is 12.8. The average molecular weight is 344 g/mol. The van der Waals surface area contributed by atoms with Gasteiger partial charge in [-0.05, 0) is 49.2 Å². The first-order chi connectivity index (χ1) is 11.1. The van der Waals surface area contributed by atoms with E-state index >= 15 is 0 Å². The molecule has 126 valence electrons. The van der Waals surface area contributed by atoms with Crippen LogP contribution in [-0.2, 0) is 14.5 Å². The molecule has 0 fully saturated rings. The molecule has 0 aliphatic carbocycles. The largest absolute Gasteiger partial charge is 0.326 e. The predicted molar refractivity (Wildman–Crippen MR) is 95.1 cm³/mol. The molecule has 0 saturated carbocycles. The van der Waals surface area contributed by atoms with Crippen molar-refractivity contribution >= 4 is 27.1 Å². The van der Waals surface area contributed by atoms with E-state index in [-0.39, 0.29) is 11.7 Å². The summed E-state index contributed by atoms with van der Waals surface area (Å²) in [5.74, 6) is -0.368. The highest BCUT2D eigenvalue weighted by atomic mass is 32.2. The number of hydrogen-bond acceptors (Lipinski definition) is 4. The average Bonchev–Trinajstić information content (AvgIpc) is 2.48. The molecule has 0 heterocycles. The van der Waals surface area contributed by atoms with Crippen LogP contribution >= 0.6 is 0 Å². The minimum Gasteiger partial charge on any atom is -0.326 e. The highest BCUT2D eigenvalue weighted by molar-refractivity contribution is 7.91. The summed E-state index contributed by atoms with van der Waals surface area (Å²) in [4.78, 5) is 24.3. The molecular weight excluding hydrogens is 324 g/mol. The summed E-state index contributed by atoms with van der Waals surface area (Å²) in [5, 5.41) is 2.74. The fourth-order valence-corrected chi connectivity index (χ4v) is 3.11. The molecule has 24 heavy (non-hydrogen) atoms. The first-order valence-corrected chi connectivity index (χ1v) is 9.33. The number of anilines is 1. The van der Waals surface area contributed by atoms with Gasteiger partial charge in [-0.3, -0.25) is 9.59 Å². The van der Waals surface area contributed by atoms with Gasteiger partial charge >= 0.3 is 0 Å². The summed E-state index contributed by atoms with van der Waals surface area (Å²) in [6, 6.07) is 9.88. The molecular formula is C18H20N2O3S. The zero-order chi connectivity index (χ0) is 18.1. The smallest absolute Gasteiger partial charge is 0.221 e. The van der Waals surface area contributed by atoms with Crippen LogP contribution in [0.2, 0.25) is 0 Å². The zero-order valence-corrected chi connectivity index (χ0v) is 14.9. The Morgan fingerprint density at radius 3 is 2.33 bits per heavy atom. The van der Waals surface area contributed by atoms with Gasteiger partial charge < -0.3 is 5.32 Å². The summed E-state index contributed by atoms with van der Waals surface area (Å²) >= 11 is 0. The highest BCUT2D eigenvalue weighted by Gasteiger charge is 2.16. The molecule has 0 aliphatic rings. The number of amides is 1. The summed E-state index contributed by atoms with van der Waals surface area (Å²) in [6.07, 6.45) is 1.33.